The number of hydrogen-bond acceptors (Lipinski definition) is 4. The molecule has 10 rings (SSSR count). The second-order valence-electron chi connectivity index (χ2n) is 13.6. The molecular weight excluding hydrogens is 695 g/mol. The molecule has 3 aromatic heterocycles. The number of para-hydroxylation sites is 1. The average Bonchev–Trinajstić information content (AvgIpc) is 3.86. The van der Waals surface area contributed by atoms with E-state index in [9.17, 15) is 0 Å². The summed E-state index contributed by atoms with van der Waals surface area (Å²) in [6.45, 7) is 7.83. The zero-order valence-corrected chi connectivity index (χ0v) is 31.7. The number of allylic oxidation sites excluding steroid dienone is 2. The lowest BCUT2D eigenvalue weighted by Crippen LogP contribution is -2.02. The van der Waals surface area contributed by atoms with Gasteiger partial charge in [0.25, 0.3) is 0 Å². The van der Waals surface area contributed by atoms with Crippen LogP contribution in [-0.4, -0.2) is 10.3 Å². The monoisotopic (exact) mass is 731 g/mol. The molecule has 0 radical (unpaired) electrons. The third kappa shape index (κ3) is 5.44. The van der Waals surface area contributed by atoms with E-state index in [1.165, 1.54) is 74.8 Å². The molecule has 10 aromatic rings. The number of nitrogens with two attached hydrogens (primary N) is 1. The molecule has 0 saturated heterocycles. The van der Waals surface area contributed by atoms with Crippen LogP contribution in [-0.2, 0) is 0 Å². The van der Waals surface area contributed by atoms with Crippen LogP contribution in [0, 0.1) is 19.3 Å². The molecule has 0 bridgehead atoms. The van der Waals surface area contributed by atoms with E-state index in [0.29, 0.717) is 11.4 Å². The van der Waals surface area contributed by atoms with Crippen molar-refractivity contribution in [3.8, 4) is 5.69 Å². The van der Waals surface area contributed by atoms with Crippen LogP contribution < -0.4 is 5.73 Å². The maximum Gasteiger partial charge on any atom is 0.0805 e. The van der Waals surface area contributed by atoms with E-state index in [1.54, 1.807) is 17.4 Å². The predicted octanol–water partition coefficient (Wildman–Crippen LogP) is 14.0. The van der Waals surface area contributed by atoms with Crippen molar-refractivity contribution in [2.24, 2.45) is 0 Å². The Kier molecular flexibility index (Phi) is 8.46. The molecule has 3 nitrogen and oxygen atoms in total. The van der Waals surface area contributed by atoms with Crippen molar-refractivity contribution in [3.63, 3.8) is 0 Å². The van der Waals surface area contributed by atoms with Crippen molar-refractivity contribution in [2.75, 3.05) is 5.73 Å². The molecule has 0 amide bonds. The minimum atomic E-state index is 0.476. The molecule has 7 aromatic carbocycles. The van der Waals surface area contributed by atoms with E-state index >= 15 is 0 Å². The highest BCUT2D eigenvalue weighted by Crippen LogP contribution is 2.49. The summed E-state index contributed by atoms with van der Waals surface area (Å²) in [5, 5.41) is 19.0. The summed E-state index contributed by atoms with van der Waals surface area (Å²) >= 11 is 3.48. The number of thiophene rings is 2. The van der Waals surface area contributed by atoms with Gasteiger partial charge in [0.05, 0.1) is 32.0 Å². The number of aryl methyl sites for hydroxylation is 2. The highest BCUT2D eigenvalue weighted by atomic mass is 32.1. The fourth-order valence-corrected chi connectivity index (χ4v) is 10.1. The van der Waals surface area contributed by atoms with E-state index in [0.717, 1.165) is 20.9 Å². The number of anilines is 1. The fourth-order valence-electron chi connectivity index (χ4n) is 7.77. The van der Waals surface area contributed by atoms with E-state index in [2.05, 4.69) is 127 Å². The Morgan fingerprint density at radius 3 is 2.13 bits per heavy atom. The Labute approximate surface area is 322 Å². The van der Waals surface area contributed by atoms with Gasteiger partial charge in [-0.15, -0.1) is 22.7 Å². The van der Waals surface area contributed by atoms with Crippen molar-refractivity contribution in [3.05, 3.63) is 185 Å². The highest BCUT2D eigenvalue weighted by Gasteiger charge is 2.22. The van der Waals surface area contributed by atoms with Crippen LogP contribution in [0.25, 0.3) is 75.3 Å². The van der Waals surface area contributed by atoms with E-state index in [4.69, 9.17) is 11.1 Å². The molecule has 5 heteroatoms. The van der Waals surface area contributed by atoms with Crippen molar-refractivity contribution >= 4 is 104 Å². The Balaban J connectivity index is 0.000000172. The lowest BCUT2D eigenvalue weighted by atomic mass is 9.94. The molecular formula is C49H37N3S2. The van der Waals surface area contributed by atoms with Crippen LogP contribution in [0.3, 0.4) is 0 Å². The lowest BCUT2D eigenvalue weighted by molar-refractivity contribution is 1.18. The number of nitrogen functional groups attached to an aromatic ring is 1. The van der Waals surface area contributed by atoms with Gasteiger partial charge in [-0.25, -0.2) is 0 Å². The first-order chi connectivity index (χ1) is 26.4. The summed E-state index contributed by atoms with van der Waals surface area (Å²) in [6.07, 6.45) is 5.52. The maximum atomic E-state index is 8.28. The molecule has 260 valence electrons. The summed E-state index contributed by atoms with van der Waals surface area (Å²) in [4.78, 5) is 1.94. The molecule has 0 aliphatic heterocycles. The first kappa shape index (κ1) is 33.6. The first-order valence-electron chi connectivity index (χ1n) is 18.0. The minimum Gasteiger partial charge on any atom is -0.397 e. The Morgan fingerprint density at radius 2 is 1.35 bits per heavy atom. The first-order valence-corrected chi connectivity index (χ1v) is 19.6. The van der Waals surface area contributed by atoms with Crippen LogP contribution in [0.4, 0.5) is 5.69 Å². The van der Waals surface area contributed by atoms with Gasteiger partial charge in [0.2, 0.25) is 0 Å². The Hall–Kier alpha value is -6.27. The van der Waals surface area contributed by atoms with Crippen molar-refractivity contribution < 1.29 is 0 Å². The van der Waals surface area contributed by atoms with Gasteiger partial charge in [0, 0.05) is 47.9 Å². The Bertz CT molecular complexity index is 3100. The summed E-state index contributed by atoms with van der Waals surface area (Å²) in [5.41, 5.74) is 14.2. The van der Waals surface area contributed by atoms with Gasteiger partial charge in [0.15, 0.2) is 0 Å². The number of hydrogen-bond donors (Lipinski definition) is 2. The SMILES string of the molecule is C=C/C=C\c1c(C)sc(C(=N)c2ccccc2)c1N.Cc1ccc(-n2c3ccccc3c3c4ccc5ccccc5c4c4c5ccccc5sc4c32)cc1. The standard InChI is InChI=1S/C33H21NS.C16H16N2S/c1-20-14-17-22(18-15-20)34-27-12-6-4-10-24(27)30-26-19-16-21-8-2-3-9-23(21)29(26)31-25-11-5-7-13-28(25)35-33(31)32(30)34;1-3-4-10-13-11(2)19-16(15(13)18)14(17)12-8-6-5-7-9-12/h2-19H,1H3;3-10,17H,1,18H2,2H3/b;10-4-,17-14?. The van der Waals surface area contributed by atoms with Crippen molar-refractivity contribution in [2.45, 2.75) is 13.8 Å². The molecule has 3 heterocycles. The second kappa shape index (κ2) is 13.6. The quantitative estimate of drug-likeness (QED) is 0.103. The van der Waals surface area contributed by atoms with Crippen LogP contribution in [0.1, 0.15) is 26.4 Å². The van der Waals surface area contributed by atoms with Gasteiger partial charge >= 0.3 is 0 Å². The fraction of sp³-hybridized carbons (Fsp3) is 0.0408. The predicted molar refractivity (Wildman–Crippen MR) is 238 cm³/mol. The summed E-state index contributed by atoms with van der Waals surface area (Å²) in [6, 6.07) is 49.8. The molecule has 54 heavy (non-hydrogen) atoms. The van der Waals surface area contributed by atoms with E-state index < -0.39 is 0 Å². The second-order valence-corrected chi connectivity index (χ2v) is 15.9. The molecule has 0 spiro atoms. The van der Waals surface area contributed by atoms with Crippen molar-refractivity contribution in [1.29, 1.82) is 5.41 Å². The third-order valence-electron chi connectivity index (χ3n) is 10.3. The molecule has 0 fully saturated rings. The number of aromatic nitrogens is 1. The topological polar surface area (TPSA) is 54.8 Å². The number of rotatable bonds is 5. The maximum absolute atomic E-state index is 8.28. The molecule has 0 aliphatic rings. The highest BCUT2D eigenvalue weighted by molar-refractivity contribution is 7.27. The summed E-state index contributed by atoms with van der Waals surface area (Å²) < 4.78 is 5.18. The van der Waals surface area contributed by atoms with Gasteiger partial charge in [0.1, 0.15) is 0 Å². The van der Waals surface area contributed by atoms with Crippen LogP contribution in [0.2, 0.25) is 0 Å². The van der Waals surface area contributed by atoms with Gasteiger partial charge in [-0.05, 0) is 59.7 Å². The smallest absolute Gasteiger partial charge is 0.0805 e. The van der Waals surface area contributed by atoms with E-state index in [-0.39, 0.29) is 0 Å². The molecule has 0 unspecified atom stereocenters. The third-order valence-corrected chi connectivity index (χ3v) is 12.6. The zero-order valence-electron chi connectivity index (χ0n) is 30.1. The Morgan fingerprint density at radius 1 is 0.667 bits per heavy atom. The number of nitrogens with zero attached hydrogens (tertiary/aromatic N) is 1. The number of fused-ring (bicyclic) bond motifs is 12. The van der Waals surface area contributed by atoms with Crippen LogP contribution in [0.5, 0.6) is 0 Å². The minimum absolute atomic E-state index is 0.476. The summed E-state index contributed by atoms with van der Waals surface area (Å²) in [7, 11) is 0. The molecule has 0 atom stereocenters. The van der Waals surface area contributed by atoms with Gasteiger partial charge in [-0.2, -0.15) is 0 Å². The number of benzene rings is 7. The average molecular weight is 732 g/mol. The largest absolute Gasteiger partial charge is 0.397 e. The van der Waals surface area contributed by atoms with Crippen LogP contribution in [0.15, 0.2) is 158 Å². The molecule has 3 N–H and O–H groups in total. The number of nitrogens with one attached hydrogen (secondary N) is 1. The van der Waals surface area contributed by atoms with Gasteiger partial charge in [-0.3, -0.25) is 5.41 Å². The van der Waals surface area contributed by atoms with Crippen LogP contribution >= 0.6 is 22.7 Å². The van der Waals surface area contributed by atoms with E-state index in [1.807, 2.05) is 60.7 Å². The lowest BCUT2D eigenvalue weighted by Gasteiger charge is -2.12. The zero-order chi connectivity index (χ0) is 36.9. The van der Waals surface area contributed by atoms with Gasteiger partial charge in [-0.1, -0.05) is 146 Å². The molecule has 0 saturated carbocycles. The van der Waals surface area contributed by atoms with Gasteiger partial charge < -0.3 is 10.3 Å². The van der Waals surface area contributed by atoms with Crippen molar-refractivity contribution in [1.82, 2.24) is 4.57 Å². The summed E-state index contributed by atoms with van der Waals surface area (Å²) in [5.74, 6) is 0. The normalized spacial score (nSPS) is 11.7. The molecule has 0 aliphatic carbocycles.